The summed E-state index contributed by atoms with van der Waals surface area (Å²) < 4.78 is 0. The van der Waals surface area contributed by atoms with Crippen LogP contribution in [0.15, 0.2) is 43.0 Å². The molecule has 39 heavy (non-hydrogen) atoms. The molecule has 4 unspecified atom stereocenters. The molecular weight excluding hydrogens is 502 g/mol. The lowest BCUT2D eigenvalue weighted by Gasteiger charge is -2.32. The minimum Gasteiger partial charge on any atom is -0.480 e. The predicted octanol–water partition coefficient (Wildman–Crippen LogP) is 0.555. The van der Waals surface area contributed by atoms with E-state index in [1.165, 1.54) is 16.1 Å². The maximum atomic E-state index is 13.6. The van der Waals surface area contributed by atoms with Crippen LogP contribution < -0.4 is 11.1 Å². The van der Waals surface area contributed by atoms with Crippen LogP contribution in [0.5, 0.6) is 0 Å². The number of nitrogens with zero attached hydrogens (tertiary/aromatic N) is 3. The van der Waals surface area contributed by atoms with Crippen LogP contribution in [-0.2, 0) is 32.0 Å². The number of aliphatic carboxylic acids is 1. The van der Waals surface area contributed by atoms with Gasteiger partial charge in [-0.3, -0.25) is 14.4 Å². The van der Waals surface area contributed by atoms with E-state index in [1.54, 1.807) is 12.4 Å². The van der Waals surface area contributed by atoms with Gasteiger partial charge in [-0.15, -0.1) is 0 Å². The fourth-order valence-electron chi connectivity index (χ4n) is 5.70. The summed E-state index contributed by atoms with van der Waals surface area (Å²) in [5, 5.41) is 13.4. The summed E-state index contributed by atoms with van der Waals surface area (Å²) in [6.07, 6.45) is 7.45. The van der Waals surface area contributed by atoms with Gasteiger partial charge < -0.3 is 35.9 Å². The molecule has 2 fully saturated rings. The molecule has 3 aromatic rings. The minimum atomic E-state index is -1.15. The Labute approximate surface area is 224 Å². The number of H-pyrrole nitrogens is 2. The number of amides is 3. The highest BCUT2D eigenvalue weighted by atomic mass is 16.4. The van der Waals surface area contributed by atoms with Gasteiger partial charge in [0.2, 0.25) is 17.7 Å². The van der Waals surface area contributed by atoms with Crippen molar-refractivity contribution >= 4 is 34.6 Å². The zero-order chi connectivity index (χ0) is 27.5. The number of imidazole rings is 1. The molecule has 3 amide bonds. The standard InChI is InChI=1S/C27H33N7O5/c28-19(12-17-14-29-15-31-17)25(36)34-10-4-8-23(34)26(37)33-9-3-7-22(33)24(35)32-21(27(38)39)11-16-13-30-20-6-2-1-5-18(16)20/h1-2,5-6,13-15,19,21-23,30H,3-4,7-12,28H2,(H,29,31)(H,32,35)(H,38,39). The van der Waals surface area contributed by atoms with Crippen molar-refractivity contribution in [1.82, 2.24) is 30.1 Å². The van der Waals surface area contributed by atoms with Gasteiger partial charge in [-0.05, 0) is 37.3 Å². The average molecular weight is 536 g/mol. The number of aromatic nitrogens is 3. The van der Waals surface area contributed by atoms with Crippen molar-refractivity contribution in [3.05, 3.63) is 54.2 Å². The van der Waals surface area contributed by atoms with Crippen LogP contribution in [0.2, 0.25) is 0 Å². The molecule has 0 radical (unpaired) electrons. The number of hydrogen-bond acceptors (Lipinski definition) is 6. The average Bonchev–Trinajstić information content (AvgIpc) is 3.74. The van der Waals surface area contributed by atoms with Crippen LogP contribution in [0.3, 0.4) is 0 Å². The summed E-state index contributed by atoms with van der Waals surface area (Å²) >= 11 is 0. The molecule has 12 heteroatoms. The molecule has 206 valence electrons. The first kappa shape index (κ1) is 26.4. The smallest absolute Gasteiger partial charge is 0.326 e. The van der Waals surface area contributed by atoms with Crippen molar-refractivity contribution in [3.8, 4) is 0 Å². The van der Waals surface area contributed by atoms with Crippen LogP contribution in [0.4, 0.5) is 0 Å². The number of nitrogens with one attached hydrogen (secondary N) is 3. The lowest BCUT2D eigenvalue weighted by molar-refractivity contribution is -0.148. The second-order valence-corrected chi connectivity index (χ2v) is 10.2. The van der Waals surface area contributed by atoms with E-state index in [0.717, 1.165) is 22.2 Å². The third-order valence-corrected chi connectivity index (χ3v) is 7.68. The predicted molar refractivity (Wildman–Crippen MR) is 141 cm³/mol. The van der Waals surface area contributed by atoms with Crippen LogP contribution in [0, 0.1) is 0 Å². The Kier molecular flexibility index (Phi) is 7.64. The number of carboxylic acid groups (broad SMARTS) is 1. The quantitative estimate of drug-likeness (QED) is 0.266. The molecule has 2 saturated heterocycles. The molecule has 2 aliphatic heterocycles. The first-order chi connectivity index (χ1) is 18.8. The number of rotatable bonds is 9. The van der Waals surface area contributed by atoms with Gasteiger partial charge in [0.15, 0.2) is 0 Å². The fraction of sp³-hybridized carbons (Fsp3) is 0.444. The number of likely N-dealkylation sites (tertiary alicyclic amines) is 2. The normalized spacial score (nSPS) is 20.7. The van der Waals surface area contributed by atoms with Gasteiger partial charge in [-0.1, -0.05) is 18.2 Å². The molecule has 0 saturated carbocycles. The number of fused-ring (bicyclic) bond motifs is 1. The van der Waals surface area contributed by atoms with Crippen molar-refractivity contribution in [3.63, 3.8) is 0 Å². The van der Waals surface area contributed by atoms with Gasteiger partial charge in [-0.25, -0.2) is 9.78 Å². The van der Waals surface area contributed by atoms with Gasteiger partial charge >= 0.3 is 5.97 Å². The minimum absolute atomic E-state index is 0.102. The van der Waals surface area contributed by atoms with Crippen LogP contribution in [-0.4, -0.2) is 90.8 Å². The van der Waals surface area contributed by atoms with Crippen molar-refractivity contribution in [2.45, 2.75) is 62.7 Å². The lowest BCUT2D eigenvalue weighted by atomic mass is 10.0. The SMILES string of the molecule is NC(Cc1cnc[nH]1)C(=O)N1CCCC1C(=O)N1CCCC1C(=O)NC(Cc1c[nH]c2ccccc12)C(=O)O. The number of nitrogens with two attached hydrogens (primary N) is 1. The highest BCUT2D eigenvalue weighted by Crippen LogP contribution is 2.26. The molecular formula is C27H33N7O5. The van der Waals surface area contributed by atoms with Gasteiger partial charge in [0.25, 0.3) is 0 Å². The third-order valence-electron chi connectivity index (χ3n) is 7.68. The van der Waals surface area contributed by atoms with Crippen LogP contribution >= 0.6 is 0 Å². The first-order valence-electron chi connectivity index (χ1n) is 13.3. The molecule has 6 N–H and O–H groups in total. The Morgan fingerprint density at radius 1 is 1.05 bits per heavy atom. The van der Waals surface area contributed by atoms with Crippen LogP contribution in [0.25, 0.3) is 10.9 Å². The van der Waals surface area contributed by atoms with E-state index in [1.807, 2.05) is 24.3 Å². The number of carboxylic acids is 1. The molecule has 4 heterocycles. The molecule has 2 aromatic heterocycles. The summed E-state index contributed by atoms with van der Waals surface area (Å²) in [6.45, 7) is 0.790. The van der Waals surface area contributed by atoms with E-state index >= 15 is 0 Å². The topological polar surface area (TPSA) is 178 Å². The second-order valence-electron chi connectivity index (χ2n) is 10.2. The summed E-state index contributed by atoms with van der Waals surface area (Å²) in [7, 11) is 0. The van der Waals surface area contributed by atoms with Crippen molar-refractivity contribution in [1.29, 1.82) is 0 Å². The number of para-hydroxylation sites is 1. The van der Waals surface area contributed by atoms with E-state index in [4.69, 9.17) is 5.73 Å². The van der Waals surface area contributed by atoms with Crippen LogP contribution in [0.1, 0.15) is 36.9 Å². The maximum absolute atomic E-state index is 13.6. The number of benzene rings is 1. The summed E-state index contributed by atoms with van der Waals surface area (Å²) in [6, 6.07) is 4.09. The second kappa shape index (κ2) is 11.3. The van der Waals surface area contributed by atoms with E-state index in [2.05, 4.69) is 20.3 Å². The zero-order valence-electron chi connectivity index (χ0n) is 21.5. The zero-order valence-corrected chi connectivity index (χ0v) is 21.5. The maximum Gasteiger partial charge on any atom is 0.326 e. The Morgan fingerprint density at radius 3 is 2.54 bits per heavy atom. The lowest BCUT2D eigenvalue weighted by Crippen LogP contribution is -2.56. The fourth-order valence-corrected chi connectivity index (χ4v) is 5.70. The van der Waals surface area contributed by atoms with Crippen molar-refractivity contribution in [2.75, 3.05) is 13.1 Å². The first-order valence-corrected chi connectivity index (χ1v) is 13.3. The molecule has 4 atom stereocenters. The molecule has 2 aliphatic rings. The summed E-state index contributed by atoms with van der Waals surface area (Å²) in [4.78, 5) is 65.1. The molecule has 12 nitrogen and oxygen atoms in total. The largest absolute Gasteiger partial charge is 0.480 e. The number of hydrogen-bond donors (Lipinski definition) is 5. The van der Waals surface area contributed by atoms with Gasteiger partial charge in [0.05, 0.1) is 12.4 Å². The highest BCUT2D eigenvalue weighted by Gasteiger charge is 2.43. The van der Waals surface area contributed by atoms with Crippen molar-refractivity contribution < 1.29 is 24.3 Å². The van der Waals surface area contributed by atoms with Crippen molar-refractivity contribution in [2.24, 2.45) is 5.73 Å². The Bertz CT molecular complexity index is 1350. The van der Waals surface area contributed by atoms with E-state index in [9.17, 15) is 24.3 Å². The van der Waals surface area contributed by atoms with E-state index in [-0.39, 0.29) is 24.7 Å². The van der Waals surface area contributed by atoms with Gasteiger partial charge in [0.1, 0.15) is 18.1 Å². The monoisotopic (exact) mass is 535 g/mol. The van der Waals surface area contributed by atoms with Gasteiger partial charge in [-0.2, -0.15) is 0 Å². The Morgan fingerprint density at radius 2 is 1.79 bits per heavy atom. The summed E-state index contributed by atoms with van der Waals surface area (Å²) in [5.74, 6) is -2.26. The third kappa shape index (κ3) is 5.51. The highest BCUT2D eigenvalue weighted by molar-refractivity contribution is 5.95. The number of carbonyl (C=O) groups excluding carboxylic acids is 3. The van der Waals surface area contributed by atoms with E-state index < -0.39 is 36.0 Å². The Hall–Kier alpha value is -4.19. The van der Waals surface area contributed by atoms with Gasteiger partial charge in [0, 0.05) is 54.9 Å². The molecule has 0 bridgehead atoms. The summed E-state index contributed by atoms with van der Waals surface area (Å²) in [5.41, 5.74) is 8.56. The molecule has 1 aromatic carbocycles. The van der Waals surface area contributed by atoms with E-state index in [0.29, 0.717) is 38.8 Å². The molecule has 0 aliphatic carbocycles. The Balaban J connectivity index is 1.25. The number of aromatic amines is 2. The number of carbonyl (C=O) groups is 4. The molecule has 5 rings (SSSR count). The molecule has 0 spiro atoms.